The Balaban J connectivity index is 2.64. The van der Waals surface area contributed by atoms with Gasteiger partial charge in [0.2, 0.25) is 0 Å². The number of rotatable bonds is 8. The molecule has 0 aliphatic carbocycles. The molecule has 0 saturated carbocycles. The van der Waals surface area contributed by atoms with E-state index in [2.05, 4.69) is 36.1 Å². The van der Waals surface area contributed by atoms with Crippen LogP contribution in [0, 0.1) is 0 Å². The first-order valence-electron chi connectivity index (χ1n) is 6.28. The molecule has 3 heteroatoms. The molecular formula is C14H24N2O. The summed E-state index contributed by atoms with van der Waals surface area (Å²) in [5.74, 6) is 0. The molecule has 0 bridgehead atoms. The molecule has 0 saturated heterocycles. The van der Waals surface area contributed by atoms with Crippen LogP contribution in [0.5, 0.6) is 0 Å². The molecule has 1 aromatic rings. The smallest absolute Gasteiger partial charge is 0.0618 e. The zero-order chi connectivity index (χ0) is 12.5. The lowest BCUT2D eigenvalue weighted by Gasteiger charge is -2.30. The average Bonchev–Trinajstić information content (AvgIpc) is 2.37. The summed E-state index contributed by atoms with van der Waals surface area (Å²) in [6.07, 6.45) is 1.08. The Morgan fingerprint density at radius 3 is 2.53 bits per heavy atom. The minimum atomic E-state index is 0.448. The number of nitrogens with zero attached hydrogens (tertiary/aromatic N) is 1. The molecule has 0 radical (unpaired) electrons. The lowest BCUT2D eigenvalue weighted by atomic mass is 10.1. The molecule has 1 rings (SSSR count). The van der Waals surface area contributed by atoms with Gasteiger partial charge in [0.25, 0.3) is 0 Å². The molecule has 0 aliphatic rings. The van der Waals surface area contributed by atoms with E-state index in [1.807, 2.05) is 6.07 Å². The van der Waals surface area contributed by atoms with Crippen molar-refractivity contribution < 1.29 is 4.74 Å². The topological polar surface area (TPSA) is 38.5 Å². The van der Waals surface area contributed by atoms with Gasteiger partial charge in [0, 0.05) is 32.8 Å². The van der Waals surface area contributed by atoms with Crippen molar-refractivity contribution in [1.82, 2.24) is 4.90 Å². The molecule has 0 fully saturated rings. The molecule has 1 atom stereocenters. The summed E-state index contributed by atoms with van der Waals surface area (Å²) in [5.41, 5.74) is 7.02. The summed E-state index contributed by atoms with van der Waals surface area (Å²) in [4.78, 5) is 2.40. The van der Waals surface area contributed by atoms with Crippen molar-refractivity contribution in [2.24, 2.45) is 5.73 Å². The lowest BCUT2D eigenvalue weighted by Crippen LogP contribution is -2.40. The van der Waals surface area contributed by atoms with Gasteiger partial charge in [0.15, 0.2) is 0 Å². The molecule has 2 N–H and O–H groups in total. The molecule has 1 unspecified atom stereocenters. The molecule has 3 nitrogen and oxygen atoms in total. The summed E-state index contributed by atoms with van der Waals surface area (Å²) >= 11 is 0. The fraction of sp³-hybridized carbons (Fsp3) is 0.571. The second kappa shape index (κ2) is 8.23. The van der Waals surface area contributed by atoms with E-state index < -0.39 is 0 Å². The van der Waals surface area contributed by atoms with Crippen LogP contribution in [0.25, 0.3) is 0 Å². The van der Waals surface area contributed by atoms with E-state index in [0.29, 0.717) is 12.6 Å². The van der Waals surface area contributed by atoms with Gasteiger partial charge in [-0.1, -0.05) is 37.3 Å². The Kier molecular flexibility index (Phi) is 6.86. The molecule has 0 aromatic heterocycles. The van der Waals surface area contributed by atoms with Crippen LogP contribution >= 0.6 is 0 Å². The molecule has 0 spiro atoms. The maximum atomic E-state index is 5.69. The second-order valence-corrected chi connectivity index (χ2v) is 4.26. The van der Waals surface area contributed by atoms with Crippen molar-refractivity contribution >= 4 is 0 Å². The van der Waals surface area contributed by atoms with E-state index in [1.54, 1.807) is 7.11 Å². The van der Waals surface area contributed by atoms with Gasteiger partial charge in [-0.3, -0.25) is 4.90 Å². The normalized spacial score (nSPS) is 12.9. The predicted octanol–water partition coefficient (Wildman–Crippen LogP) is 1.87. The monoisotopic (exact) mass is 236 g/mol. The highest BCUT2D eigenvalue weighted by Crippen LogP contribution is 2.10. The highest BCUT2D eigenvalue weighted by Gasteiger charge is 2.15. The van der Waals surface area contributed by atoms with Crippen LogP contribution in [0.2, 0.25) is 0 Å². The Hall–Kier alpha value is -0.900. The average molecular weight is 236 g/mol. The van der Waals surface area contributed by atoms with Gasteiger partial charge in [-0.05, 0) is 12.0 Å². The standard InChI is InChI=1S/C14H24N2O/c1-3-14(12-17-2)16(10-9-15)11-13-7-5-4-6-8-13/h4-8,14H,3,9-12,15H2,1-2H3. The summed E-state index contributed by atoms with van der Waals surface area (Å²) < 4.78 is 5.28. The highest BCUT2D eigenvalue weighted by atomic mass is 16.5. The van der Waals surface area contributed by atoms with E-state index >= 15 is 0 Å². The molecular weight excluding hydrogens is 212 g/mol. The first kappa shape index (κ1) is 14.2. The van der Waals surface area contributed by atoms with Crippen LogP contribution in [-0.4, -0.2) is 37.7 Å². The Labute approximate surface area is 105 Å². The van der Waals surface area contributed by atoms with Gasteiger partial charge in [0.1, 0.15) is 0 Å². The van der Waals surface area contributed by atoms with Gasteiger partial charge in [-0.25, -0.2) is 0 Å². The number of hydrogen-bond acceptors (Lipinski definition) is 3. The fourth-order valence-electron chi connectivity index (χ4n) is 2.05. The third kappa shape index (κ3) is 4.86. The minimum absolute atomic E-state index is 0.448. The largest absolute Gasteiger partial charge is 0.383 e. The lowest BCUT2D eigenvalue weighted by molar-refractivity contribution is 0.0845. The first-order chi connectivity index (χ1) is 8.31. The van der Waals surface area contributed by atoms with Crippen LogP contribution in [0.3, 0.4) is 0 Å². The molecule has 0 heterocycles. The fourth-order valence-corrected chi connectivity index (χ4v) is 2.05. The van der Waals surface area contributed by atoms with Crippen LogP contribution in [0.15, 0.2) is 30.3 Å². The van der Waals surface area contributed by atoms with Crippen LogP contribution in [-0.2, 0) is 11.3 Å². The Morgan fingerprint density at radius 1 is 1.29 bits per heavy atom. The number of ether oxygens (including phenoxy) is 1. The molecule has 96 valence electrons. The van der Waals surface area contributed by atoms with E-state index in [9.17, 15) is 0 Å². The van der Waals surface area contributed by atoms with Crippen molar-refractivity contribution in [1.29, 1.82) is 0 Å². The Morgan fingerprint density at radius 2 is 2.00 bits per heavy atom. The molecule has 0 amide bonds. The SMILES string of the molecule is CCC(COC)N(CCN)Cc1ccccc1. The summed E-state index contributed by atoms with van der Waals surface area (Å²) in [6.45, 7) is 5.51. The van der Waals surface area contributed by atoms with E-state index in [-0.39, 0.29) is 0 Å². The summed E-state index contributed by atoms with van der Waals surface area (Å²) in [7, 11) is 1.76. The maximum Gasteiger partial charge on any atom is 0.0618 e. The van der Waals surface area contributed by atoms with E-state index in [1.165, 1.54) is 5.56 Å². The van der Waals surface area contributed by atoms with Crippen LogP contribution in [0.1, 0.15) is 18.9 Å². The number of methoxy groups -OCH3 is 1. The Bertz CT molecular complexity index is 290. The highest BCUT2D eigenvalue weighted by molar-refractivity contribution is 5.14. The zero-order valence-electron chi connectivity index (χ0n) is 10.9. The van der Waals surface area contributed by atoms with Gasteiger partial charge in [-0.15, -0.1) is 0 Å². The van der Waals surface area contributed by atoms with Crippen molar-refractivity contribution in [2.75, 3.05) is 26.8 Å². The minimum Gasteiger partial charge on any atom is -0.383 e. The van der Waals surface area contributed by atoms with Crippen LogP contribution < -0.4 is 5.73 Å². The van der Waals surface area contributed by atoms with Crippen molar-refractivity contribution in [3.63, 3.8) is 0 Å². The van der Waals surface area contributed by atoms with Crippen molar-refractivity contribution in [2.45, 2.75) is 25.9 Å². The van der Waals surface area contributed by atoms with Gasteiger partial charge >= 0.3 is 0 Å². The second-order valence-electron chi connectivity index (χ2n) is 4.26. The first-order valence-corrected chi connectivity index (χ1v) is 6.28. The molecule has 0 aliphatic heterocycles. The predicted molar refractivity (Wildman–Crippen MR) is 71.9 cm³/mol. The van der Waals surface area contributed by atoms with Crippen LogP contribution in [0.4, 0.5) is 0 Å². The summed E-state index contributed by atoms with van der Waals surface area (Å²) in [5, 5.41) is 0. The quantitative estimate of drug-likeness (QED) is 0.749. The van der Waals surface area contributed by atoms with Gasteiger partial charge in [0.05, 0.1) is 6.61 Å². The third-order valence-electron chi connectivity index (χ3n) is 2.99. The zero-order valence-corrected chi connectivity index (χ0v) is 10.9. The van der Waals surface area contributed by atoms with Crippen molar-refractivity contribution in [3.8, 4) is 0 Å². The van der Waals surface area contributed by atoms with E-state index in [4.69, 9.17) is 10.5 Å². The maximum absolute atomic E-state index is 5.69. The summed E-state index contributed by atoms with van der Waals surface area (Å²) in [6, 6.07) is 11.0. The third-order valence-corrected chi connectivity index (χ3v) is 2.99. The van der Waals surface area contributed by atoms with Gasteiger partial charge in [-0.2, -0.15) is 0 Å². The van der Waals surface area contributed by atoms with Gasteiger partial charge < -0.3 is 10.5 Å². The molecule has 1 aromatic carbocycles. The van der Waals surface area contributed by atoms with E-state index in [0.717, 1.165) is 26.1 Å². The molecule has 17 heavy (non-hydrogen) atoms. The number of benzene rings is 1. The number of nitrogens with two attached hydrogens (primary N) is 1. The number of hydrogen-bond donors (Lipinski definition) is 1. The van der Waals surface area contributed by atoms with Crippen molar-refractivity contribution in [3.05, 3.63) is 35.9 Å².